The van der Waals surface area contributed by atoms with Crippen LogP contribution in [-0.2, 0) is 4.74 Å². The fourth-order valence-corrected chi connectivity index (χ4v) is 3.67. The molecule has 0 aromatic heterocycles. The maximum atomic E-state index is 13.8. The minimum Gasteiger partial charge on any atom is -0.485 e. The van der Waals surface area contributed by atoms with E-state index >= 15 is 0 Å². The molecule has 0 bridgehead atoms. The zero-order valence-electron chi connectivity index (χ0n) is 16.2. The van der Waals surface area contributed by atoms with Gasteiger partial charge in [-0.15, -0.1) is 24.0 Å². The summed E-state index contributed by atoms with van der Waals surface area (Å²) in [5.74, 6) is 0.888. The molecule has 2 aliphatic rings. The normalized spacial score (nSPS) is 23.4. The quantitative estimate of drug-likeness (QED) is 0.375. The van der Waals surface area contributed by atoms with Crippen LogP contribution in [0.15, 0.2) is 29.3 Å². The Morgan fingerprint density at radius 2 is 2.19 bits per heavy atom. The molecule has 2 saturated heterocycles. The second-order valence-electron chi connectivity index (χ2n) is 7.25. The summed E-state index contributed by atoms with van der Waals surface area (Å²) in [6, 6.07) is 6.53. The fraction of sp³-hybridized carbons (Fsp3) is 0.650. The third-order valence-electron chi connectivity index (χ3n) is 5.29. The van der Waals surface area contributed by atoms with Crippen molar-refractivity contribution in [2.45, 2.75) is 39.2 Å². The Kier molecular flexibility index (Phi) is 8.60. The second kappa shape index (κ2) is 10.5. The summed E-state index contributed by atoms with van der Waals surface area (Å²) in [4.78, 5) is 7.12. The van der Waals surface area contributed by atoms with Crippen LogP contribution in [0.2, 0.25) is 0 Å². The number of hydrogen-bond donors (Lipinski definition) is 1. The predicted molar refractivity (Wildman–Crippen MR) is 117 cm³/mol. The Morgan fingerprint density at radius 1 is 1.37 bits per heavy atom. The molecule has 0 aliphatic carbocycles. The lowest BCUT2D eigenvalue weighted by Gasteiger charge is -2.25. The molecule has 2 aliphatic heterocycles. The van der Waals surface area contributed by atoms with Crippen molar-refractivity contribution in [1.82, 2.24) is 10.2 Å². The van der Waals surface area contributed by atoms with Crippen LogP contribution in [0.5, 0.6) is 5.75 Å². The molecule has 2 fully saturated rings. The van der Waals surface area contributed by atoms with Gasteiger partial charge in [0.05, 0.1) is 13.2 Å². The Balaban J connectivity index is 0.00000261. The lowest BCUT2D eigenvalue weighted by Crippen LogP contribution is -2.42. The smallest absolute Gasteiger partial charge is 0.194 e. The highest BCUT2D eigenvalue weighted by atomic mass is 127. The molecule has 0 radical (unpaired) electrons. The molecule has 27 heavy (non-hydrogen) atoms. The van der Waals surface area contributed by atoms with Crippen LogP contribution in [0.25, 0.3) is 0 Å². The average molecular weight is 491 g/mol. The van der Waals surface area contributed by atoms with E-state index < -0.39 is 0 Å². The Morgan fingerprint density at radius 3 is 2.85 bits per heavy atom. The summed E-state index contributed by atoms with van der Waals surface area (Å²) in [5, 5.41) is 3.39. The third kappa shape index (κ3) is 5.70. The zero-order valence-corrected chi connectivity index (χ0v) is 18.6. The molecular weight excluding hydrogens is 460 g/mol. The van der Waals surface area contributed by atoms with Gasteiger partial charge in [-0.05, 0) is 38.3 Å². The van der Waals surface area contributed by atoms with Crippen LogP contribution >= 0.6 is 24.0 Å². The van der Waals surface area contributed by atoms with Gasteiger partial charge in [-0.2, -0.15) is 0 Å². The summed E-state index contributed by atoms with van der Waals surface area (Å²) >= 11 is 0. The summed E-state index contributed by atoms with van der Waals surface area (Å²) in [5.41, 5.74) is 0.296. The molecule has 0 amide bonds. The van der Waals surface area contributed by atoms with Crippen molar-refractivity contribution in [1.29, 1.82) is 0 Å². The van der Waals surface area contributed by atoms with Gasteiger partial charge in [0.2, 0.25) is 0 Å². The Bertz CT molecular complexity index is 623. The number of nitrogens with zero attached hydrogens (tertiary/aromatic N) is 2. The molecule has 1 aromatic carbocycles. The van der Waals surface area contributed by atoms with E-state index in [4.69, 9.17) is 14.5 Å². The zero-order chi connectivity index (χ0) is 18.4. The molecule has 3 rings (SSSR count). The SMILES string of the molecule is CCNC(=NCC(CC)Oc1ccccc1F)N1CCC2(CCOC2)C1.I. The first-order valence-corrected chi connectivity index (χ1v) is 9.68. The first kappa shape index (κ1) is 22.2. The first-order valence-electron chi connectivity index (χ1n) is 9.68. The van der Waals surface area contributed by atoms with Crippen molar-refractivity contribution < 1.29 is 13.9 Å². The maximum Gasteiger partial charge on any atom is 0.194 e. The number of likely N-dealkylation sites (tertiary alicyclic amines) is 1. The number of rotatable bonds is 6. The van der Waals surface area contributed by atoms with Crippen molar-refractivity contribution in [3.05, 3.63) is 30.1 Å². The van der Waals surface area contributed by atoms with Gasteiger partial charge in [-0.3, -0.25) is 0 Å². The average Bonchev–Trinajstić information content (AvgIpc) is 3.29. The predicted octanol–water partition coefficient (Wildman–Crippen LogP) is 3.68. The molecule has 7 heteroatoms. The molecule has 2 unspecified atom stereocenters. The molecule has 152 valence electrons. The minimum absolute atomic E-state index is 0. The monoisotopic (exact) mass is 491 g/mol. The van der Waals surface area contributed by atoms with Crippen LogP contribution in [0.3, 0.4) is 0 Å². The van der Waals surface area contributed by atoms with E-state index in [2.05, 4.69) is 17.1 Å². The van der Waals surface area contributed by atoms with Gasteiger partial charge in [0.15, 0.2) is 17.5 Å². The standard InChI is InChI=1S/C20H30FN3O2.HI/c1-3-16(26-18-8-6-5-7-17(18)21)13-23-19(22-4-2)24-11-9-20(14-24)10-12-25-15-20;/h5-8,16H,3-4,9-15H2,1-2H3,(H,22,23);1H. The highest BCUT2D eigenvalue weighted by Crippen LogP contribution is 2.38. The molecule has 2 heterocycles. The van der Waals surface area contributed by atoms with E-state index in [1.54, 1.807) is 18.2 Å². The number of halogens is 2. The summed E-state index contributed by atoms with van der Waals surface area (Å²) in [6.45, 7) is 9.16. The number of aliphatic imine (C=N–C) groups is 1. The molecular formula is C20H31FIN3O2. The van der Waals surface area contributed by atoms with Crippen molar-refractivity contribution in [2.75, 3.05) is 39.4 Å². The van der Waals surface area contributed by atoms with E-state index in [0.29, 0.717) is 17.7 Å². The van der Waals surface area contributed by atoms with Crippen LogP contribution in [0.4, 0.5) is 4.39 Å². The van der Waals surface area contributed by atoms with Crippen molar-refractivity contribution in [3.63, 3.8) is 0 Å². The van der Waals surface area contributed by atoms with E-state index in [1.165, 1.54) is 6.07 Å². The minimum atomic E-state index is -0.329. The van der Waals surface area contributed by atoms with Crippen LogP contribution < -0.4 is 10.1 Å². The van der Waals surface area contributed by atoms with Gasteiger partial charge in [-0.1, -0.05) is 19.1 Å². The number of para-hydroxylation sites is 1. The lowest BCUT2D eigenvalue weighted by molar-refractivity contribution is 0.156. The largest absolute Gasteiger partial charge is 0.485 e. The fourth-order valence-electron chi connectivity index (χ4n) is 3.67. The van der Waals surface area contributed by atoms with Crippen LogP contribution in [0.1, 0.15) is 33.1 Å². The van der Waals surface area contributed by atoms with Crippen LogP contribution in [0, 0.1) is 11.2 Å². The molecule has 1 spiro atoms. The van der Waals surface area contributed by atoms with Crippen molar-refractivity contribution in [2.24, 2.45) is 10.4 Å². The molecule has 1 aromatic rings. The number of hydrogen-bond acceptors (Lipinski definition) is 3. The second-order valence-corrected chi connectivity index (χ2v) is 7.25. The Hall–Kier alpha value is -1.09. The van der Waals surface area contributed by atoms with Gasteiger partial charge in [0, 0.05) is 31.7 Å². The van der Waals surface area contributed by atoms with E-state index in [9.17, 15) is 4.39 Å². The van der Waals surface area contributed by atoms with Gasteiger partial charge >= 0.3 is 0 Å². The Labute approximate surface area is 178 Å². The van der Waals surface area contributed by atoms with E-state index in [-0.39, 0.29) is 35.9 Å². The van der Waals surface area contributed by atoms with Crippen molar-refractivity contribution in [3.8, 4) is 5.75 Å². The number of benzene rings is 1. The highest BCUT2D eigenvalue weighted by Gasteiger charge is 2.42. The molecule has 1 N–H and O–H groups in total. The molecule has 0 saturated carbocycles. The number of ether oxygens (including phenoxy) is 2. The topological polar surface area (TPSA) is 46.1 Å². The number of nitrogens with one attached hydrogen (secondary N) is 1. The third-order valence-corrected chi connectivity index (χ3v) is 5.29. The maximum absolute atomic E-state index is 13.8. The van der Waals surface area contributed by atoms with Gasteiger partial charge in [0.25, 0.3) is 0 Å². The lowest BCUT2D eigenvalue weighted by atomic mass is 9.87. The summed E-state index contributed by atoms with van der Waals surface area (Å²) in [7, 11) is 0. The first-order chi connectivity index (χ1) is 12.7. The summed E-state index contributed by atoms with van der Waals surface area (Å²) < 4.78 is 25.3. The highest BCUT2D eigenvalue weighted by molar-refractivity contribution is 14.0. The molecule has 5 nitrogen and oxygen atoms in total. The van der Waals surface area contributed by atoms with Crippen LogP contribution in [-0.4, -0.2) is 56.4 Å². The number of guanidine groups is 1. The van der Waals surface area contributed by atoms with Gasteiger partial charge in [-0.25, -0.2) is 9.38 Å². The van der Waals surface area contributed by atoms with Gasteiger partial charge < -0.3 is 19.7 Å². The van der Waals surface area contributed by atoms with Gasteiger partial charge in [0.1, 0.15) is 6.10 Å². The molecule has 2 atom stereocenters. The van der Waals surface area contributed by atoms with E-state index in [1.807, 2.05) is 6.92 Å². The van der Waals surface area contributed by atoms with Crippen molar-refractivity contribution >= 4 is 29.9 Å². The van der Waals surface area contributed by atoms with E-state index in [0.717, 1.165) is 58.1 Å². The summed E-state index contributed by atoms with van der Waals surface area (Å²) in [6.07, 6.45) is 2.92.